The van der Waals surface area contributed by atoms with Gasteiger partial charge in [0, 0.05) is 43.2 Å². The van der Waals surface area contributed by atoms with Gasteiger partial charge < -0.3 is 5.32 Å². The Morgan fingerprint density at radius 2 is 1.77 bits per heavy atom. The van der Waals surface area contributed by atoms with E-state index in [1.807, 2.05) is 0 Å². The van der Waals surface area contributed by atoms with E-state index < -0.39 is 10.0 Å². The predicted octanol–water partition coefficient (Wildman–Crippen LogP) is 2.39. The number of carbonyl (C=O) groups excluding carboxylic acids is 1. The first-order valence-corrected chi connectivity index (χ1v) is 10.9. The lowest BCUT2D eigenvalue weighted by Gasteiger charge is -2.39. The van der Waals surface area contributed by atoms with Crippen molar-refractivity contribution in [3.8, 4) is 0 Å². The van der Waals surface area contributed by atoms with E-state index in [0.29, 0.717) is 23.7 Å². The maximum Gasteiger partial charge on any atom is 0.240 e. The number of piperidine rings is 1. The van der Waals surface area contributed by atoms with Crippen LogP contribution in [0.5, 0.6) is 0 Å². The molecule has 1 aliphatic heterocycles. The molecule has 146 valence electrons. The van der Waals surface area contributed by atoms with Gasteiger partial charge in [-0.15, -0.1) is 0 Å². The van der Waals surface area contributed by atoms with Crippen LogP contribution < -0.4 is 10.0 Å². The Morgan fingerprint density at radius 3 is 2.38 bits per heavy atom. The molecular weight excluding hydrogens is 374 g/mol. The number of hydrogen-bond acceptors (Lipinski definition) is 4. The minimum absolute atomic E-state index is 0.0628. The molecule has 2 unspecified atom stereocenters. The smallest absolute Gasteiger partial charge is 0.240 e. The van der Waals surface area contributed by atoms with E-state index in [0.717, 1.165) is 6.54 Å². The van der Waals surface area contributed by atoms with E-state index in [2.05, 4.69) is 28.8 Å². The highest BCUT2D eigenvalue weighted by Gasteiger charge is 2.24. The highest BCUT2D eigenvalue weighted by Crippen LogP contribution is 2.21. The molecule has 0 radical (unpaired) electrons. The average Bonchev–Trinajstić information content (AvgIpc) is 2.58. The first-order valence-electron chi connectivity index (χ1n) is 9.07. The zero-order valence-corrected chi connectivity index (χ0v) is 16.9. The Morgan fingerprint density at radius 1 is 1.15 bits per heavy atom. The minimum Gasteiger partial charge on any atom is -0.355 e. The van der Waals surface area contributed by atoms with Gasteiger partial charge in [-0.05, 0) is 51.0 Å². The van der Waals surface area contributed by atoms with Gasteiger partial charge in [0.1, 0.15) is 0 Å². The first kappa shape index (κ1) is 21.2. The molecule has 1 saturated heterocycles. The van der Waals surface area contributed by atoms with Gasteiger partial charge in [-0.3, -0.25) is 9.69 Å². The van der Waals surface area contributed by atoms with E-state index in [-0.39, 0.29) is 23.8 Å². The van der Waals surface area contributed by atoms with Crippen LogP contribution in [0.4, 0.5) is 0 Å². The molecule has 26 heavy (non-hydrogen) atoms. The summed E-state index contributed by atoms with van der Waals surface area (Å²) in [4.78, 5) is 14.5. The highest BCUT2D eigenvalue weighted by molar-refractivity contribution is 7.89. The van der Waals surface area contributed by atoms with Crippen LogP contribution in [0.2, 0.25) is 5.02 Å². The van der Waals surface area contributed by atoms with Crippen LogP contribution >= 0.6 is 11.6 Å². The van der Waals surface area contributed by atoms with Crippen LogP contribution in [0.15, 0.2) is 29.2 Å². The summed E-state index contributed by atoms with van der Waals surface area (Å²) in [7, 11) is -3.62. The average molecular weight is 402 g/mol. The largest absolute Gasteiger partial charge is 0.355 e. The van der Waals surface area contributed by atoms with Crippen molar-refractivity contribution < 1.29 is 13.2 Å². The first-order chi connectivity index (χ1) is 12.3. The molecule has 0 aliphatic carbocycles. The van der Waals surface area contributed by atoms with Gasteiger partial charge in [-0.25, -0.2) is 13.1 Å². The summed E-state index contributed by atoms with van der Waals surface area (Å²) in [6, 6.07) is 7.00. The van der Waals surface area contributed by atoms with Crippen molar-refractivity contribution in [2.24, 2.45) is 0 Å². The normalized spacial score (nSPS) is 21.5. The van der Waals surface area contributed by atoms with Crippen molar-refractivity contribution in [1.29, 1.82) is 0 Å². The van der Waals surface area contributed by atoms with E-state index in [4.69, 9.17) is 11.6 Å². The number of sulfonamides is 1. The molecule has 2 rings (SSSR count). The standard InChI is InChI=1S/C18H28ClN3O3S/c1-14-4-3-5-15(2)22(14)13-12-20-18(23)10-11-21-26(24,25)17-8-6-16(19)7-9-17/h6-9,14-15,21H,3-5,10-13H2,1-2H3,(H,20,23). The van der Waals surface area contributed by atoms with Crippen molar-refractivity contribution in [2.75, 3.05) is 19.6 Å². The Labute approximate surface area is 161 Å². The van der Waals surface area contributed by atoms with Gasteiger partial charge in [0.2, 0.25) is 15.9 Å². The number of nitrogens with zero attached hydrogens (tertiary/aromatic N) is 1. The summed E-state index contributed by atoms with van der Waals surface area (Å²) in [5.41, 5.74) is 0. The summed E-state index contributed by atoms with van der Waals surface area (Å²) in [5, 5.41) is 3.34. The second-order valence-electron chi connectivity index (χ2n) is 6.82. The second-order valence-corrected chi connectivity index (χ2v) is 9.02. The Kier molecular flexibility index (Phi) is 7.88. The van der Waals surface area contributed by atoms with E-state index in [9.17, 15) is 13.2 Å². The van der Waals surface area contributed by atoms with Crippen LogP contribution in [0.3, 0.4) is 0 Å². The SMILES string of the molecule is CC1CCCC(C)N1CCNC(=O)CCNS(=O)(=O)c1ccc(Cl)cc1. The number of rotatable bonds is 8. The fourth-order valence-corrected chi connectivity index (χ4v) is 4.48. The van der Waals surface area contributed by atoms with Crippen molar-refractivity contribution in [3.63, 3.8) is 0 Å². The van der Waals surface area contributed by atoms with Crippen LogP contribution in [0.1, 0.15) is 39.5 Å². The lowest BCUT2D eigenvalue weighted by Crippen LogP contribution is -2.47. The fourth-order valence-electron chi connectivity index (χ4n) is 3.32. The van der Waals surface area contributed by atoms with E-state index in [1.54, 1.807) is 0 Å². The molecule has 1 aromatic carbocycles. The maximum absolute atomic E-state index is 12.1. The van der Waals surface area contributed by atoms with Crippen molar-refractivity contribution in [3.05, 3.63) is 29.3 Å². The quantitative estimate of drug-likeness (QED) is 0.701. The molecule has 1 aliphatic rings. The summed E-state index contributed by atoms with van der Waals surface area (Å²) in [6.07, 6.45) is 3.77. The third-order valence-electron chi connectivity index (χ3n) is 4.84. The monoisotopic (exact) mass is 401 g/mol. The van der Waals surface area contributed by atoms with Crippen molar-refractivity contribution in [2.45, 2.75) is 56.5 Å². The van der Waals surface area contributed by atoms with Gasteiger partial charge >= 0.3 is 0 Å². The number of nitrogens with one attached hydrogen (secondary N) is 2. The molecule has 1 aromatic rings. The summed E-state index contributed by atoms with van der Waals surface area (Å²) >= 11 is 5.76. The Hall–Kier alpha value is -1.15. The molecule has 2 N–H and O–H groups in total. The fraction of sp³-hybridized carbons (Fsp3) is 0.611. The maximum atomic E-state index is 12.1. The number of likely N-dealkylation sites (tertiary alicyclic amines) is 1. The topological polar surface area (TPSA) is 78.5 Å². The van der Waals surface area contributed by atoms with Crippen LogP contribution in [0.25, 0.3) is 0 Å². The highest BCUT2D eigenvalue weighted by atomic mass is 35.5. The Balaban J connectivity index is 1.69. The number of hydrogen-bond donors (Lipinski definition) is 2. The van der Waals surface area contributed by atoms with Crippen LogP contribution in [-0.4, -0.2) is 50.9 Å². The second kappa shape index (κ2) is 9.69. The molecule has 0 bridgehead atoms. The van der Waals surface area contributed by atoms with Gasteiger partial charge in [0.25, 0.3) is 0 Å². The zero-order chi connectivity index (χ0) is 19.2. The molecular formula is C18H28ClN3O3S. The van der Waals surface area contributed by atoms with Gasteiger partial charge in [0.15, 0.2) is 0 Å². The lowest BCUT2D eigenvalue weighted by molar-refractivity contribution is -0.121. The van der Waals surface area contributed by atoms with Crippen LogP contribution in [-0.2, 0) is 14.8 Å². The number of amides is 1. The van der Waals surface area contributed by atoms with Gasteiger partial charge in [-0.1, -0.05) is 18.0 Å². The number of halogens is 1. The molecule has 0 spiro atoms. The minimum atomic E-state index is -3.62. The third kappa shape index (κ3) is 6.23. The molecule has 0 aromatic heterocycles. The molecule has 0 saturated carbocycles. The molecule has 1 fully saturated rings. The zero-order valence-electron chi connectivity index (χ0n) is 15.4. The van der Waals surface area contributed by atoms with Crippen molar-refractivity contribution in [1.82, 2.24) is 14.9 Å². The predicted molar refractivity (Wildman–Crippen MR) is 104 cm³/mol. The molecule has 1 heterocycles. The molecule has 2 atom stereocenters. The van der Waals surface area contributed by atoms with E-state index >= 15 is 0 Å². The number of carbonyl (C=O) groups is 1. The third-order valence-corrected chi connectivity index (χ3v) is 6.57. The molecule has 6 nitrogen and oxygen atoms in total. The van der Waals surface area contributed by atoms with Crippen molar-refractivity contribution >= 4 is 27.5 Å². The molecule has 8 heteroatoms. The Bertz CT molecular complexity index is 684. The summed E-state index contributed by atoms with van der Waals surface area (Å²) in [5.74, 6) is -0.152. The molecule has 1 amide bonds. The van der Waals surface area contributed by atoms with Crippen LogP contribution in [0, 0.1) is 0 Å². The summed E-state index contributed by atoms with van der Waals surface area (Å²) in [6.45, 7) is 5.92. The van der Waals surface area contributed by atoms with Gasteiger partial charge in [-0.2, -0.15) is 0 Å². The van der Waals surface area contributed by atoms with E-state index in [1.165, 1.54) is 43.5 Å². The number of benzene rings is 1. The summed E-state index contributed by atoms with van der Waals surface area (Å²) < 4.78 is 26.7. The lowest BCUT2D eigenvalue weighted by atomic mass is 9.98. The van der Waals surface area contributed by atoms with Gasteiger partial charge in [0.05, 0.1) is 4.90 Å².